The van der Waals surface area contributed by atoms with Gasteiger partial charge in [-0.3, -0.25) is 20.2 Å². The fraction of sp³-hybridized carbons (Fsp3) is 1.00. The molecule has 1 aliphatic heterocycles. The normalized spacial score (nSPS) is 27.9. The first kappa shape index (κ1) is 12.3. The maximum atomic E-state index is 3.37. The molecule has 6 heteroatoms. The van der Waals surface area contributed by atoms with Crippen LogP contribution in [-0.2, 0) is 0 Å². The third kappa shape index (κ3) is 2.26. The van der Waals surface area contributed by atoms with Gasteiger partial charge in [0.2, 0.25) is 0 Å². The molecule has 4 nitrogen and oxygen atoms in total. The van der Waals surface area contributed by atoms with E-state index in [1.165, 1.54) is 12.3 Å². The van der Waals surface area contributed by atoms with Crippen LogP contribution in [0.2, 0.25) is 26.2 Å². The molecule has 0 spiro atoms. The lowest BCUT2D eigenvalue weighted by molar-refractivity contribution is 0.290. The van der Waals surface area contributed by atoms with Crippen molar-refractivity contribution in [1.82, 2.24) is 20.2 Å². The summed E-state index contributed by atoms with van der Waals surface area (Å²) < 4.78 is 5.01. The Hall–Kier alpha value is 0.274. The number of hydrogen-bond acceptors (Lipinski definition) is 4. The van der Waals surface area contributed by atoms with Crippen molar-refractivity contribution < 1.29 is 0 Å². The second kappa shape index (κ2) is 4.03. The Balaban J connectivity index is 2.81. The Morgan fingerprint density at radius 2 is 1.07 bits per heavy atom. The minimum absolute atomic E-state index is 1.21. The molecule has 0 saturated carbocycles. The smallest absolute Gasteiger partial charge is 0.153 e. The van der Waals surface area contributed by atoms with Crippen LogP contribution in [0.5, 0.6) is 0 Å². The standard InChI is InChI=1S/C8H24N4Si2/c1-9-11-7-14(5,6)12(10-2)8-13(11,3)4/h9-10H,7-8H2,1-6H3. The topological polar surface area (TPSA) is 30.5 Å². The van der Waals surface area contributed by atoms with Crippen molar-refractivity contribution >= 4 is 16.5 Å². The lowest BCUT2D eigenvalue weighted by atomic mass is 11.3. The molecule has 1 fully saturated rings. The molecule has 0 amide bonds. The number of hydrazine groups is 2. The first-order valence-corrected chi connectivity index (χ1v) is 11.5. The first-order valence-electron chi connectivity index (χ1n) is 5.23. The van der Waals surface area contributed by atoms with Crippen LogP contribution >= 0.6 is 0 Å². The monoisotopic (exact) mass is 232 g/mol. The highest BCUT2D eigenvalue weighted by atomic mass is 28.4. The first-order chi connectivity index (χ1) is 6.33. The molecule has 1 saturated heterocycles. The third-order valence-corrected chi connectivity index (χ3v) is 9.59. The zero-order valence-corrected chi connectivity index (χ0v) is 12.3. The number of nitrogens with one attached hydrogen (secondary N) is 2. The Bertz CT molecular complexity index is 186. The van der Waals surface area contributed by atoms with Gasteiger partial charge < -0.3 is 0 Å². The zero-order valence-electron chi connectivity index (χ0n) is 10.3. The van der Waals surface area contributed by atoms with Crippen LogP contribution in [-0.4, -0.2) is 52.3 Å². The Labute approximate surface area is 89.8 Å². The second-order valence-electron chi connectivity index (χ2n) is 5.24. The highest BCUT2D eigenvalue weighted by Crippen LogP contribution is 2.22. The Morgan fingerprint density at radius 3 is 1.29 bits per heavy atom. The molecular weight excluding hydrogens is 208 g/mol. The fourth-order valence-corrected chi connectivity index (χ4v) is 11.3. The van der Waals surface area contributed by atoms with Crippen molar-refractivity contribution in [3.8, 4) is 0 Å². The molecule has 0 atom stereocenters. The van der Waals surface area contributed by atoms with Crippen LogP contribution < -0.4 is 10.9 Å². The van der Waals surface area contributed by atoms with Gasteiger partial charge in [-0.2, -0.15) is 0 Å². The van der Waals surface area contributed by atoms with E-state index in [2.05, 4.69) is 46.4 Å². The van der Waals surface area contributed by atoms with Crippen LogP contribution in [0.4, 0.5) is 0 Å². The average Bonchev–Trinajstić information content (AvgIpc) is 2.08. The molecule has 0 aromatic heterocycles. The summed E-state index contributed by atoms with van der Waals surface area (Å²) in [4.78, 5) is 0. The molecule has 1 rings (SSSR count). The summed E-state index contributed by atoms with van der Waals surface area (Å²) in [5.41, 5.74) is 6.74. The van der Waals surface area contributed by atoms with E-state index in [1.807, 2.05) is 14.1 Å². The Morgan fingerprint density at radius 1 is 0.786 bits per heavy atom. The van der Waals surface area contributed by atoms with Crippen LogP contribution in [0.1, 0.15) is 0 Å². The highest BCUT2D eigenvalue weighted by Gasteiger charge is 2.45. The van der Waals surface area contributed by atoms with Crippen molar-refractivity contribution in [2.24, 2.45) is 0 Å². The second-order valence-corrected chi connectivity index (χ2v) is 14.2. The van der Waals surface area contributed by atoms with Gasteiger partial charge in [-0.05, 0) is 14.1 Å². The van der Waals surface area contributed by atoms with Crippen LogP contribution in [0.25, 0.3) is 0 Å². The van der Waals surface area contributed by atoms with Gasteiger partial charge in [0.1, 0.15) is 0 Å². The average molecular weight is 232 g/mol. The molecule has 0 radical (unpaired) electrons. The molecule has 14 heavy (non-hydrogen) atoms. The van der Waals surface area contributed by atoms with Crippen molar-refractivity contribution in [3.63, 3.8) is 0 Å². The Kier molecular flexibility index (Phi) is 3.55. The maximum Gasteiger partial charge on any atom is 0.153 e. The molecule has 1 heterocycles. The summed E-state index contributed by atoms with van der Waals surface area (Å²) in [5.74, 6) is 0. The number of nitrogens with zero attached hydrogens (tertiary/aromatic N) is 2. The SMILES string of the molecule is CNN1C[Si](C)(C)N(NC)C[Si]1(C)C. The number of hydrogen-bond donors (Lipinski definition) is 2. The van der Waals surface area contributed by atoms with Gasteiger partial charge in [0, 0.05) is 12.3 Å². The minimum Gasteiger partial charge on any atom is -0.267 e. The van der Waals surface area contributed by atoms with Crippen LogP contribution in [0.3, 0.4) is 0 Å². The summed E-state index contributed by atoms with van der Waals surface area (Å²) in [6.07, 6.45) is 2.42. The van der Waals surface area contributed by atoms with E-state index < -0.39 is 16.5 Å². The summed E-state index contributed by atoms with van der Waals surface area (Å²) in [6, 6.07) is 0. The molecule has 2 N–H and O–H groups in total. The lowest BCUT2D eigenvalue weighted by Crippen LogP contribution is -2.77. The molecule has 0 aromatic carbocycles. The molecule has 0 bridgehead atoms. The van der Waals surface area contributed by atoms with Gasteiger partial charge >= 0.3 is 0 Å². The van der Waals surface area contributed by atoms with E-state index in [0.29, 0.717) is 0 Å². The number of rotatable bonds is 2. The van der Waals surface area contributed by atoms with Gasteiger partial charge in [-0.15, -0.1) is 0 Å². The van der Waals surface area contributed by atoms with Gasteiger partial charge in [0.05, 0.1) is 0 Å². The van der Waals surface area contributed by atoms with Crippen molar-refractivity contribution in [1.29, 1.82) is 0 Å². The highest BCUT2D eigenvalue weighted by molar-refractivity contribution is 6.83. The van der Waals surface area contributed by atoms with Crippen LogP contribution in [0.15, 0.2) is 0 Å². The summed E-state index contributed by atoms with van der Waals surface area (Å²) in [6.45, 7) is 9.66. The van der Waals surface area contributed by atoms with Gasteiger partial charge in [0.15, 0.2) is 16.5 Å². The summed E-state index contributed by atoms with van der Waals surface area (Å²) >= 11 is 0. The van der Waals surface area contributed by atoms with Gasteiger partial charge in [0.25, 0.3) is 0 Å². The summed E-state index contributed by atoms with van der Waals surface area (Å²) in [5, 5.41) is 0. The molecule has 0 aromatic rings. The van der Waals surface area contributed by atoms with Gasteiger partial charge in [-0.1, -0.05) is 26.2 Å². The van der Waals surface area contributed by atoms with Crippen LogP contribution in [0, 0.1) is 0 Å². The summed E-state index contributed by atoms with van der Waals surface area (Å²) in [7, 11) is 1.55. The van der Waals surface area contributed by atoms with E-state index in [1.54, 1.807) is 0 Å². The third-order valence-electron chi connectivity index (χ3n) is 3.09. The maximum absolute atomic E-state index is 3.37. The van der Waals surface area contributed by atoms with Crippen molar-refractivity contribution in [2.45, 2.75) is 26.2 Å². The fourth-order valence-electron chi connectivity index (χ4n) is 2.14. The van der Waals surface area contributed by atoms with Crippen molar-refractivity contribution in [2.75, 3.05) is 26.4 Å². The molecule has 0 aliphatic carbocycles. The molecule has 0 unspecified atom stereocenters. The lowest BCUT2D eigenvalue weighted by Gasteiger charge is -2.52. The predicted molar refractivity (Wildman–Crippen MR) is 66.5 cm³/mol. The quantitative estimate of drug-likeness (QED) is 0.673. The van der Waals surface area contributed by atoms with E-state index in [-0.39, 0.29) is 0 Å². The van der Waals surface area contributed by atoms with E-state index in [4.69, 9.17) is 0 Å². The van der Waals surface area contributed by atoms with E-state index in [9.17, 15) is 0 Å². The minimum atomic E-state index is -1.27. The molecular formula is C8H24N4Si2. The zero-order chi connectivity index (χ0) is 11.0. The molecule has 1 aliphatic rings. The molecule has 84 valence electrons. The largest absolute Gasteiger partial charge is 0.267 e. The predicted octanol–water partition coefficient (Wildman–Crippen LogP) is 0.361. The van der Waals surface area contributed by atoms with E-state index in [0.717, 1.165) is 0 Å². The van der Waals surface area contributed by atoms with E-state index >= 15 is 0 Å². The van der Waals surface area contributed by atoms with Gasteiger partial charge in [-0.25, -0.2) is 0 Å². The van der Waals surface area contributed by atoms with Crippen molar-refractivity contribution in [3.05, 3.63) is 0 Å².